The summed E-state index contributed by atoms with van der Waals surface area (Å²) in [4.78, 5) is 15.5. The third-order valence-corrected chi connectivity index (χ3v) is 2.97. The normalized spacial score (nSPS) is 10.3. The molecule has 3 rings (SSSR count). The standard InChI is InChI=1S/C13H12N4O2.C2H6/c1-8-3-4-11-10(5-8)14-7-17(11)12-9(13(18)19)6-16(2)15-12;1-2/h3-7H,1-2H3,(H,18,19);1-2H3. The van der Waals surface area contributed by atoms with Crippen LogP contribution in [0.3, 0.4) is 0 Å². The van der Waals surface area contributed by atoms with Crippen molar-refractivity contribution < 1.29 is 9.90 Å². The molecule has 1 N–H and O–H groups in total. The first-order chi connectivity index (χ1) is 10.1. The molecule has 0 unspecified atom stereocenters. The van der Waals surface area contributed by atoms with Crippen LogP contribution in [0, 0.1) is 6.92 Å². The largest absolute Gasteiger partial charge is 0.477 e. The molecule has 6 nitrogen and oxygen atoms in total. The van der Waals surface area contributed by atoms with Crippen LogP contribution >= 0.6 is 0 Å². The van der Waals surface area contributed by atoms with E-state index in [9.17, 15) is 9.90 Å². The van der Waals surface area contributed by atoms with E-state index in [0.29, 0.717) is 5.82 Å². The van der Waals surface area contributed by atoms with Crippen molar-refractivity contribution in [1.82, 2.24) is 19.3 Å². The van der Waals surface area contributed by atoms with Gasteiger partial charge in [0.2, 0.25) is 0 Å². The van der Waals surface area contributed by atoms with Gasteiger partial charge in [-0.1, -0.05) is 19.9 Å². The summed E-state index contributed by atoms with van der Waals surface area (Å²) in [7, 11) is 1.69. The van der Waals surface area contributed by atoms with E-state index in [2.05, 4.69) is 10.1 Å². The molecule has 0 saturated carbocycles. The van der Waals surface area contributed by atoms with Gasteiger partial charge in [0.15, 0.2) is 5.82 Å². The zero-order valence-electron chi connectivity index (χ0n) is 12.5. The zero-order valence-corrected chi connectivity index (χ0v) is 12.5. The van der Waals surface area contributed by atoms with E-state index >= 15 is 0 Å². The van der Waals surface area contributed by atoms with Crippen LogP contribution in [0.15, 0.2) is 30.7 Å². The third kappa shape index (κ3) is 2.65. The maximum absolute atomic E-state index is 11.2. The summed E-state index contributed by atoms with van der Waals surface area (Å²) in [5, 5.41) is 13.4. The van der Waals surface area contributed by atoms with Gasteiger partial charge in [-0.3, -0.25) is 9.25 Å². The lowest BCUT2D eigenvalue weighted by molar-refractivity contribution is 0.0697. The molecule has 0 bridgehead atoms. The summed E-state index contributed by atoms with van der Waals surface area (Å²) in [5.74, 6) is -0.626. The summed E-state index contributed by atoms with van der Waals surface area (Å²) >= 11 is 0. The molecule has 0 amide bonds. The van der Waals surface area contributed by atoms with E-state index in [4.69, 9.17) is 0 Å². The summed E-state index contributed by atoms with van der Waals surface area (Å²) in [6.45, 7) is 5.99. The molecule has 0 saturated heterocycles. The minimum Gasteiger partial charge on any atom is -0.477 e. The second-order valence-electron chi connectivity index (χ2n) is 4.45. The lowest BCUT2D eigenvalue weighted by Crippen LogP contribution is -2.02. The Morgan fingerprint density at radius 3 is 2.67 bits per heavy atom. The number of hydrogen-bond acceptors (Lipinski definition) is 3. The third-order valence-electron chi connectivity index (χ3n) is 2.97. The predicted octanol–water partition coefficient (Wildman–Crippen LogP) is 2.79. The Labute approximate surface area is 122 Å². The van der Waals surface area contributed by atoms with Gasteiger partial charge in [-0.05, 0) is 24.6 Å². The van der Waals surface area contributed by atoms with Crippen LogP contribution in [0.4, 0.5) is 0 Å². The molecule has 0 radical (unpaired) electrons. The second kappa shape index (κ2) is 5.78. The molecular weight excluding hydrogens is 268 g/mol. The number of carboxylic acid groups (broad SMARTS) is 1. The molecule has 0 atom stereocenters. The van der Waals surface area contributed by atoms with Gasteiger partial charge >= 0.3 is 5.97 Å². The molecule has 0 aliphatic heterocycles. The number of hydrogen-bond donors (Lipinski definition) is 1. The molecular formula is C15H18N4O2. The van der Waals surface area contributed by atoms with Crippen LogP contribution in [0.25, 0.3) is 16.9 Å². The van der Waals surface area contributed by atoms with Crippen molar-refractivity contribution >= 4 is 17.0 Å². The van der Waals surface area contributed by atoms with Crippen molar-refractivity contribution in [2.24, 2.45) is 7.05 Å². The van der Waals surface area contributed by atoms with E-state index in [1.165, 1.54) is 10.9 Å². The van der Waals surface area contributed by atoms with Gasteiger partial charge in [-0.25, -0.2) is 9.78 Å². The van der Waals surface area contributed by atoms with Gasteiger partial charge in [0, 0.05) is 13.2 Å². The molecule has 21 heavy (non-hydrogen) atoms. The lowest BCUT2D eigenvalue weighted by atomic mass is 10.2. The maximum Gasteiger partial charge on any atom is 0.341 e. The summed E-state index contributed by atoms with van der Waals surface area (Å²) in [5.41, 5.74) is 2.92. The first-order valence-corrected chi connectivity index (χ1v) is 6.77. The Morgan fingerprint density at radius 1 is 1.29 bits per heavy atom. The van der Waals surface area contributed by atoms with E-state index in [1.807, 2.05) is 39.0 Å². The molecule has 0 aliphatic carbocycles. The van der Waals surface area contributed by atoms with E-state index in [-0.39, 0.29) is 5.56 Å². The zero-order chi connectivity index (χ0) is 15.6. The topological polar surface area (TPSA) is 72.9 Å². The Bertz CT molecular complexity index is 786. The van der Waals surface area contributed by atoms with Crippen LogP contribution in [0.2, 0.25) is 0 Å². The molecule has 110 valence electrons. The summed E-state index contributed by atoms with van der Waals surface area (Å²) in [6.07, 6.45) is 3.08. The van der Waals surface area contributed by atoms with Gasteiger partial charge in [0.05, 0.1) is 11.0 Å². The molecule has 2 heterocycles. The molecule has 3 aromatic rings. The van der Waals surface area contributed by atoms with Gasteiger partial charge < -0.3 is 5.11 Å². The Morgan fingerprint density at radius 2 is 2.00 bits per heavy atom. The average molecular weight is 286 g/mol. The molecule has 0 fully saturated rings. The highest BCUT2D eigenvalue weighted by Gasteiger charge is 2.17. The predicted molar refractivity (Wildman–Crippen MR) is 80.9 cm³/mol. The van der Waals surface area contributed by atoms with Crippen molar-refractivity contribution in [2.75, 3.05) is 0 Å². The second-order valence-corrected chi connectivity index (χ2v) is 4.45. The number of aromatic carboxylic acids is 1. The van der Waals surface area contributed by atoms with Crippen LogP contribution in [-0.2, 0) is 7.05 Å². The van der Waals surface area contributed by atoms with Gasteiger partial charge in [0.25, 0.3) is 0 Å². The number of benzene rings is 1. The minimum atomic E-state index is -1.00. The molecule has 6 heteroatoms. The monoisotopic (exact) mass is 286 g/mol. The molecule has 2 aromatic heterocycles. The fourth-order valence-electron chi connectivity index (χ4n) is 2.10. The van der Waals surface area contributed by atoms with Crippen LogP contribution in [0.1, 0.15) is 29.8 Å². The Balaban J connectivity index is 0.000000774. The van der Waals surface area contributed by atoms with Gasteiger partial charge in [-0.2, -0.15) is 5.10 Å². The number of imidazole rings is 1. The van der Waals surface area contributed by atoms with Gasteiger partial charge in [0.1, 0.15) is 11.9 Å². The number of carboxylic acids is 1. The van der Waals surface area contributed by atoms with Crippen molar-refractivity contribution in [1.29, 1.82) is 0 Å². The fraction of sp³-hybridized carbons (Fsp3) is 0.267. The number of carbonyl (C=O) groups is 1. The average Bonchev–Trinajstić information content (AvgIpc) is 3.03. The number of rotatable bonds is 2. The summed E-state index contributed by atoms with van der Waals surface area (Å²) in [6, 6.07) is 5.83. The quantitative estimate of drug-likeness (QED) is 0.786. The number of nitrogens with zero attached hydrogens (tertiary/aromatic N) is 4. The minimum absolute atomic E-state index is 0.155. The van der Waals surface area contributed by atoms with E-state index in [0.717, 1.165) is 16.6 Å². The molecule has 1 aromatic carbocycles. The first-order valence-electron chi connectivity index (χ1n) is 6.77. The number of fused-ring (bicyclic) bond motifs is 1. The SMILES string of the molecule is CC.Cc1ccc2c(c1)ncn2-c1nn(C)cc1C(=O)O. The van der Waals surface area contributed by atoms with Gasteiger partial charge in [-0.15, -0.1) is 0 Å². The van der Waals surface area contributed by atoms with Crippen molar-refractivity contribution in [3.63, 3.8) is 0 Å². The first kappa shape index (κ1) is 14.8. The lowest BCUT2D eigenvalue weighted by Gasteiger charge is -2.01. The van der Waals surface area contributed by atoms with E-state index < -0.39 is 5.97 Å². The Hall–Kier alpha value is -2.63. The van der Waals surface area contributed by atoms with Crippen LogP contribution in [0.5, 0.6) is 0 Å². The van der Waals surface area contributed by atoms with Crippen LogP contribution < -0.4 is 0 Å². The highest BCUT2D eigenvalue weighted by molar-refractivity contribution is 5.92. The maximum atomic E-state index is 11.2. The van der Waals surface area contributed by atoms with Crippen molar-refractivity contribution in [3.8, 4) is 5.82 Å². The fourth-order valence-corrected chi connectivity index (χ4v) is 2.10. The summed E-state index contributed by atoms with van der Waals surface area (Å²) < 4.78 is 3.18. The van der Waals surface area contributed by atoms with Crippen molar-refractivity contribution in [2.45, 2.75) is 20.8 Å². The van der Waals surface area contributed by atoms with Crippen molar-refractivity contribution in [3.05, 3.63) is 41.9 Å². The smallest absolute Gasteiger partial charge is 0.341 e. The number of aromatic nitrogens is 4. The Kier molecular flexibility index (Phi) is 4.07. The highest BCUT2D eigenvalue weighted by Crippen LogP contribution is 2.20. The highest BCUT2D eigenvalue weighted by atomic mass is 16.4. The molecule has 0 aliphatic rings. The number of aryl methyl sites for hydroxylation is 2. The van der Waals surface area contributed by atoms with Crippen LogP contribution in [-0.4, -0.2) is 30.4 Å². The van der Waals surface area contributed by atoms with E-state index in [1.54, 1.807) is 17.9 Å². The molecule has 0 spiro atoms.